The van der Waals surface area contributed by atoms with Crippen molar-refractivity contribution in [3.63, 3.8) is 0 Å². The summed E-state index contributed by atoms with van der Waals surface area (Å²) in [6, 6.07) is 10.4. The molecule has 78 valence electrons. The van der Waals surface area contributed by atoms with Gasteiger partial charge in [-0.05, 0) is 37.0 Å². The van der Waals surface area contributed by atoms with Crippen LogP contribution in [0.1, 0.15) is 31.2 Å². The van der Waals surface area contributed by atoms with Gasteiger partial charge in [0.2, 0.25) is 0 Å². The van der Waals surface area contributed by atoms with Gasteiger partial charge >= 0.3 is 0 Å². The molecule has 0 heterocycles. The number of nitrogens with zero attached hydrogens (tertiary/aromatic N) is 1. The molecule has 1 aliphatic rings. The van der Waals surface area contributed by atoms with Crippen molar-refractivity contribution in [2.45, 2.75) is 32.1 Å². The second-order valence-corrected chi connectivity index (χ2v) is 4.84. The lowest BCUT2D eigenvalue weighted by atomic mass is 9.82. The van der Waals surface area contributed by atoms with E-state index in [1.165, 1.54) is 18.4 Å². The third-order valence-electron chi connectivity index (χ3n) is 3.25. The topological polar surface area (TPSA) is 23.8 Å². The highest BCUT2D eigenvalue weighted by molar-refractivity contribution is 6.30. The number of hydrogen-bond acceptors (Lipinski definition) is 1. The Morgan fingerprint density at radius 1 is 1.20 bits per heavy atom. The third-order valence-corrected chi connectivity index (χ3v) is 3.51. The smallest absolute Gasteiger partial charge is 0.0693 e. The predicted octanol–water partition coefficient (Wildman–Crippen LogP) is 3.97. The molecule has 2 rings (SSSR count). The monoisotopic (exact) mass is 219 g/mol. The maximum atomic E-state index is 9.26. The van der Waals surface area contributed by atoms with Gasteiger partial charge in [-0.15, -0.1) is 0 Å². The van der Waals surface area contributed by atoms with Gasteiger partial charge < -0.3 is 0 Å². The molecule has 15 heavy (non-hydrogen) atoms. The Hall–Kier alpha value is -1.00. The van der Waals surface area contributed by atoms with Gasteiger partial charge in [-0.3, -0.25) is 0 Å². The average Bonchev–Trinajstić information content (AvgIpc) is 2.71. The molecule has 1 aromatic rings. The Balaban J connectivity index is 2.14. The van der Waals surface area contributed by atoms with Crippen molar-refractivity contribution in [1.29, 1.82) is 5.26 Å². The van der Waals surface area contributed by atoms with Crippen LogP contribution in [0.4, 0.5) is 0 Å². The van der Waals surface area contributed by atoms with Crippen molar-refractivity contribution in [1.82, 2.24) is 0 Å². The van der Waals surface area contributed by atoms with E-state index >= 15 is 0 Å². The van der Waals surface area contributed by atoms with E-state index in [-0.39, 0.29) is 5.41 Å². The van der Waals surface area contributed by atoms with E-state index in [2.05, 4.69) is 6.07 Å². The summed E-state index contributed by atoms with van der Waals surface area (Å²) in [6.45, 7) is 0. The molecular weight excluding hydrogens is 206 g/mol. The predicted molar refractivity (Wildman–Crippen MR) is 61.7 cm³/mol. The molecule has 0 bridgehead atoms. The molecule has 0 N–H and O–H groups in total. The molecular formula is C13H14ClN. The zero-order chi connectivity index (χ0) is 10.7. The highest BCUT2D eigenvalue weighted by Crippen LogP contribution is 2.40. The summed E-state index contributed by atoms with van der Waals surface area (Å²) in [6.07, 6.45) is 5.36. The number of rotatable bonds is 2. The van der Waals surface area contributed by atoms with Crippen LogP contribution in [0.2, 0.25) is 5.02 Å². The molecule has 0 atom stereocenters. The van der Waals surface area contributed by atoms with Gasteiger partial charge in [0, 0.05) is 5.02 Å². The molecule has 1 aromatic carbocycles. The van der Waals surface area contributed by atoms with Crippen molar-refractivity contribution < 1.29 is 0 Å². The number of benzene rings is 1. The van der Waals surface area contributed by atoms with E-state index in [1.807, 2.05) is 24.3 Å². The van der Waals surface area contributed by atoms with Crippen molar-refractivity contribution in [2.24, 2.45) is 5.41 Å². The van der Waals surface area contributed by atoms with Crippen molar-refractivity contribution >= 4 is 11.6 Å². The lowest BCUT2D eigenvalue weighted by Crippen LogP contribution is -2.16. The van der Waals surface area contributed by atoms with E-state index in [9.17, 15) is 5.26 Å². The average molecular weight is 220 g/mol. The third kappa shape index (κ3) is 2.33. The Kier molecular flexibility index (Phi) is 2.98. The zero-order valence-electron chi connectivity index (χ0n) is 8.67. The lowest BCUT2D eigenvalue weighted by Gasteiger charge is -2.19. The summed E-state index contributed by atoms with van der Waals surface area (Å²) < 4.78 is 0. The first-order valence-corrected chi connectivity index (χ1v) is 5.78. The molecule has 1 fully saturated rings. The second kappa shape index (κ2) is 4.24. The molecule has 0 unspecified atom stereocenters. The van der Waals surface area contributed by atoms with Gasteiger partial charge in [0.15, 0.2) is 0 Å². The summed E-state index contributed by atoms with van der Waals surface area (Å²) >= 11 is 5.83. The SMILES string of the molecule is N#CC1(Cc2ccc(Cl)cc2)CCCC1. The highest BCUT2D eigenvalue weighted by atomic mass is 35.5. The van der Waals surface area contributed by atoms with Gasteiger partial charge in [-0.25, -0.2) is 0 Å². The van der Waals surface area contributed by atoms with E-state index < -0.39 is 0 Å². The molecule has 2 heteroatoms. The standard InChI is InChI=1S/C13H14ClN/c14-12-5-3-11(4-6-12)9-13(10-15)7-1-2-8-13/h3-6H,1-2,7-9H2. The minimum absolute atomic E-state index is 0.103. The highest BCUT2D eigenvalue weighted by Gasteiger charge is 2.33. The van der Waals surface area contributed by atoms with Crippen LogP contribution in [0.15, 0.2) is 24.3 Å². The van der Waals surface area contributed by atoms with E-state index in [4.69, 9.17) is 11.6 Å². The lowest BCUT2D eigenvalue weighted by molar-refractivity contribution is 0.408. The quantitative estimate of drug-likeness (QED) is 0.739. The van der Waals surface area contributed by atoms with Gasteiger partial charge in [0.25, 0.3) is 0 Å². The Morgan fingerprint density at radius 2 is 1.80 bits per heavy atom. The van der Waals surface area contributed by atoms with Crippen LogP contribution >= 0.6 is 11.6 Å². The molecule has 0 spiro atoms. The Labute approximate surface area is 95.7 Å². The molecule has 0 radical (unpaired) electrons. The van der Waals surface area contributed by atoms with Crippen LogP contribution in [-0.2, 0) is 6.42 Å². The van der Waals surface area contributed by atoms with Gasteiger partial charge in [-0.1, -0.05) is 36.6 Å². The molecule has 1 aliphatic carbocycles. The molecule has 1 saturated carbocycles. The van der Waals surface area contributed by atoms with Gasteiger partial charge in [-0.2, -0.15) is 5.26 Å². The van der Waals surface area contributed by atoms with Gasteiger partial charge in [0.1, 0.15) is 0 Å². The fraction of sp³-hybridized carbons (Fsp3) is 0.462. The van der Waals surface area contributed by atoms with E-state index in [0.717, 1.165) is 24.3 Å². The zero-order valence-corrected chi connectivity index (χ0v) is 9.43. The van der Waals surface area contributed by atoms with Crippen molar-refractivity contribution in [3.8, 4) is 6.07 Å². The largest absolute Gasteiger partial charge is 0.198 e. The van der Waals surface area contributed by atoms with Gasteiger partial charge in [0.05, 0.1) is 11.5 Å². The first kappa shape index (κ1) is 10.5. The minimum Gasteiger partial charge on any atom is -0.198 e. The van der Waals surface area contributed by atoms with Crippen LogP contribution in [0.5, 0.6) is 0 Å². The maximum absolute atomic E-state index is 9.26. The summed E-state index contributed by atoms with van der Waals surface area (Å²) in [4.78, 5) is 0. The first-order chi connectivity index (χ1) is 7.24. The van der Waals surface area contributed by atoms with Crippen LogP contribution in [0.25, 0.3) is 0 Å². The van der Waals surface area contributed by atoms with E-state index in [0.29, 0.717) is 0 Å². The molecule has 0 aromatic heterocycles. The van der Waals surface area contributed by atoms with Crippen LogP contribution in [0.3, 0.4) is 0 Å². The van der Waals surface area contributed by atoms with Crippen molar-refractivity contribution in [2.75, 3.05) is 0 Å². The first-order valence-electron chi connectivity index (χ1n) is 5.40. The normalized spacial score (nSPS) is 18.7. The van der Waals surface area contributed by atoms with Crippen molar-refractivity contribution in [3.05, 3.63) is 34.9 Å². The maximum Gasteiger partial charge on any atom is 0.0693 e. The Bertz CT molecular complexity index is 369. The van der Waals surface area contributed by atoms with Crippen LogP contribution in [0, 0.1) is 16.7 Å². The van der Waals surface area contributed by atoms with Crippen LogP contribution < -0.4 is 0 Å². The minimum atomic E-state index is -0.103. The van der Waals surface area contributed by atoms with Crippen LogP contribution in [-0.4, -0.2) is 0 Å². The van der Waals surface area contributed by atoms with E-state index in [1.54, 1.807) is 0 Å². The number of halogens is 1. The molecule has 0 saturated heterocycles. The Morgan fingerprint density at radius 3 is 2.33 bits per heavy atom. The fourth-order valence-corrected chi connectivity index (χ4v) is 2.50. The molecule has 1 nitrogen and oxygen atoms in total. The summed E-state index contributed by atoms with van der Waals surface area (Å²) in [5.41, 5.74) is 1.12. The summed E-state index contributed by atoms with van der Waals surface area (Å²) in [5, 5.41) is 10.0. The summed E-state index contributed by atoms with van der Waals surface area (Å²) in [7, 11) is 0. The fourth-order valence-electron chi connectivity index (χ4n) is 2.37. The number of hydrogen-bond donors (Lipinski definition) is 0. The molecule has 0 aliphatic heterocycles. The number of nitriles is 1. The molecule has 0 amide bonds. The summed E-state index contributed by atoms with van der Waals surface area (Å²) in [5.74, 6) is 0. The second-order valence-electron chi connectivity index (χ2n) is 4.40.